The van der Waals surface area contributed by atoms with Gasteiger partial charge in [-0.3, -0.25) is 0 Å². The van der Waals surface area contributed by atoms with E-state index in [1.54, 1.807) is 12.1 Å². The molecule has 2 aromatic heterocycles. The van der Waals surface area contributed by atoms with Gasteiger partial charge in [0, 0.05) is 11.3 Å². The monoisotopic (exact) mass is 410 g/mol. The summed E-state index contributed by atoms with van der Waals surface area (Å²) in [5.74, 6) is -1.18. The lowest BCUT2D eigenvalue weighted by Gasteiger charge is -2.19. The Morgan fingerprint density at radius 2 is 1.45 bits per heavy atom. The second-order valence-corrected chi connectivity index (χ2v) is 8.96. The van der Waals surface area contributed by atoms with E-state index in [1.807, 2.05) is 25.2 Å². The number of aromatic nitrogens is 2. The molecule has 0 saturated heterocycles. The van der Waals surface area contributed by atoms with E-state index < -0.39 is 5.97 Å². The average molecular weight is 411 g/mol. The Morgan fingerprint density at radius 3 is 2.10 bits per heavy atom. The highest BCUT2D eigenvalue weighted by Gasteiger charge is 2.15. The summed E-state index contributed by atoms with van der Waals surface area (Å²) in [4.78, 5) is 14.6. The fraction of sp³-hybridized carbons (Fsp3) is 0.185. The molecule has 0 spiro atoms. The molecule has 0 aliphatic heterocycles. The molecule has 0 bridgehead atoms. The van der Waals surface area contributed by atoms with E-state index in [2.05, 4.69) is 73.0 Å². The van der Waals surface area contributed by atoms with E-state index in [-0.39, 0.29) is 11.0 Å². The predicted molar refractivity (Wildman–Crippen MR) is 121 cm³/mol. The number of hydrogen-bond acceptors (Lipinski definition) is 2. The molecule has 4 nitrogen and oxygen atoms in total. The molecule has 156 valence electrons. The number of nitrogens with zero attached hydrogens (tertiary/aromatic N) is 1. The first kappa shape index (κ1) is 20.6. The highest BCUT2D eigenvalue weighted by molar-refractivity contribution is 5.87. The number of hydrogen-bond donors (Lipinski definition) is 1. The summed E-state index contributed by atoms with van der Waals surface area (Å²) in [6.45, 7) is 6.65. The van der Waals surface area contributed by atoms with Crippen molar-refractivity contribution in [3.63, 3.8) is 0 Å². The molecule has 31 heavy (non-hydrogen) atoms. The Labute approximate surface area is 182 Å². The van der Waals surface area contributed by atoms with Crippen molar-refractivity contribution in [2.75, 3.05) is 0 Å². The molecule has 0 aliphatic carbocycles. The maximum absolute atomic E-state index is 11.2. The lowest BCUT2D eigenvalue weighted by Crippen LogP contribution is -2.27. The van der Waals surface area contributed by atoms with Crippen LogP contribution in [-0.4, -0.2) is 11.0 Å². The molecule has 0 amide bonds. The van der Waals surface area contributed by atoms with Crippen LogP contribution in [0.5, 0.6) is 0 Å². The van der Waals surface area contributed by atoms with Gasteiger partial charge in [-0.1, -0.05) is 63.2 Å². The average Bonchev–Trinajstić information content (AvgIpc) is 3.23. The molecule has 4 aromatic rings. The van der Waals surface area contributed by atoms with Crippen molar-refractivity contribution in [3.8, 4) is 33.6 Å². The third-order valence-electron chi connectivity index (χ3n) is 5.49. The van der Waals surface area contributed by atoms with Crippen LogP contribution in [0.25, 0.3) is 33.6 Å². The van der Waals surface area contributed by atoms with Crippen LogP contribution < -0.4 is 9.67 Å². The van der Waals surface area contributed by atoms with Gasteiger partial charge in [-0.15, -0.1) is 0 Å². The Bertz CT molecular complexity index is 1240. The summed E-state index contributed by atoms with van der Waals surface area (Å²) in [6, 6.07) is 21.7. The SMILES string of the molecule is C[n+]1cc(-c2ccc(C(C)(C)C)cc2)cc(-c2ccc(-c3cccc(C(=O)[O-])c3)[nH]2)c1. The fourth-order valence-corrected chi connectivity index (χ4v) is 3.73. The van der Waals surface area contributed by atoms with Crippen LogP contribution in [0.15, 0.2) is 79.1 Å². The number of pyridine rings is 1. The van der Waals surface area contributed by atoms with Crippen LogP contribution in [0, 0.1) is 0 Å². The van der Waals surface area contributed by atoms with Crippen LogP contribution in [0.4, 0.5) is 0 Å². The van der Waals surface area contributed by atoms with Gasteiger partial charge < -0.3 is 14.9 Å². The minimum atomic E-state index is -1.18. The molecule has 4 heteroatoms. The van der Waals surface area contributed by atoms with E-state index >= 15 is 0 Å². The second-order valence-electron chi connectivity index (χ2n) is 8.96. The third kappa shape index (κ3) is 4.43. The minimum absolute atomic E-state index is 0.125. The number of aromatic amines is 1. The fourth-order valence-electron chi connectivity index (χ4n) is 3.73. The first-order valence-electron chi connectivity index (χ1n) is 10.3. The van der Waals surface area contributed by atoms with Crippen molar-refractivity contribution in [2.24, 2.45) is 7.05 Å². The van der Waals surface area contributed by atoms with Crippen molar-refractivity contribution >= 4 is 5.97 Å². The quantitative estimate of drug-likeness (QED) is 0.504. The molecule has 1 N–H and O–H groups in total. The first-order chi connectivity index (χ1) is 14.7. The number of aryl methyl sites for hydroxylation is 1. The molecular weight excluding hydrogens is 384 g/mol. The maximum Gasteiger partial charge on any atom is 0.177 e. The first-order valence-corrected chi connectivity index (χ1v) is 10.3. The van der Waals surface area contributed by atoms with Crippen LogP contribution in [0.1, 0.15) is 36.7 Å². The van der Waals surface area contributed by atoms with E-state index in [0.29, 0.717) is 0 Å². The molecule has 0 radical (unpaired) electrons. The molecular formula is C27H26N2O2. The highest BCUT2D eigenvalue weighted by atomic mass is 16.4. The summed E-state index contributed by atoms with van der Waals surface area (Å²) in [7, 11) is 2.02. The minimum Gasteiger partial charge on any atom is -0.545 e. The maximum atomic E-state index is 11.2. The molecule has 0 atom stereocenters. The van der Waals surface area contributed by atoms with Crippen LogP contribution in [0.2, 0.25) is 0 Å². The third-order valence-corrected chi connectivity index (χ3v) is 5.49. The molecule has 0 fully saturated rings. The standard InChI is InChI=1S/C27H26N2O2/c1-27(2,3)23-10-8-18(9-11-23)21-15-22(17-29(4)16-21)25-13-12-24(28-25)19-6-5-7-20(14-19)26(30)31/h5-17,28H,1-4H3. The summed E-state index contributed by atoms with van der Waals surface area (Å²) < 4.78 is 2.06. The van der Waals surface area contributed by atoms with Crippen LogP contribution in [-0.2, 0) is 12.5 Å². The molecule has 4 rings (SSSR count). The smallest absolute Gasteiger partial charge is 0.177 e. The molecule has 2 heterocycles. The number of nitrogens with one attached hydrogen (secondary N) is 1. The number of aromatic carboxylic acids is 1. The van der Waals surface area contributed by atoms with E-state index in [4.69, 9.17) is 0 Å². The summed E-state index contributed by atoms with van der Waals surface area (Å²) in [5, 5.41) is 11.2. The number of carboxylic acid groups (broad SMARTS) is 1. The van der Waals surface area contributed by atoms with Gasteiger partial charge in [0.25, 0.3) is 0 Å². The molecule has 0 aliphatic rings. The van der Waals surface area contributed by atoms with Gasteiger partial charge in [0.1, 0.15) is 7.05 Å². The van der Waals surface area contributed by atoms with Crippen molar-refractivity contribution < 1.29 is 14.5 Å². The van der Waals surface area contributed by atoms with Gasteiger partial charge in [0.15, 0.2) is 12.4 Å². The van der Waals surface area contributed by atoms with E-state index in [0.717, 1.165) is 28.1 Å². The van der Waals surface area contributed by atoms with Gasteiger partial charge in [-0.05, 0) is 51.9 Å². The largest absolute Gasteiger partial charge is 0.545 e. The zero-order valence-corrected chi connectivity index (χ0v) is 18.3. The molecule has 0 unspecified atom stereocenters. The van der Waals surface area contributed by atoms with Crippen molar-refractivity contribution in [1.82, 2.24) is 4.98 Å². The summed E-state index contributed by atoms with van der Waals surface area (Å²) in [5.41, 5.74) is 7.60. The highest BCUT2D eigenvalue weighted by Crippen LogP contribution is 2.29. The second kappa shape index (κ2) is 7.88. The Hall–Kier alpha value is -3.66. The van der Waals surface area contributed by atoms with Gasteiger partial charge in [-0.25, -0.2) is 4.57 Å². The number of benzene rings is 2. The zero-order valence-electron chi connectivity index (χ0n) is 18.3. The number of H-pyrrole nitrogens is 1. The van der Waals surface area contributed by atoms with Crippen LogP contribution in [0.3, 0.4) is 0 Å². The number of carbonyl (C=O) groups excluding carboxylic acids is 1. The predicted octanol–water partition coefficient (Wildman–Crippen LogP) is 4.50. The lowest BCUT2D eigenvalue weighted by atomic mass is 9.86. The Balaban J connectivity index is 1.68. The molecule has 0 saturated carbocycles. The van der Waals surface area contributed by atoms with Crippen LogP contribution >= 0.6 is 0 Å². The van der Waals surface area contributed by atoms with Gasteiger partial charge in [0.2, 0.25) is 0 Å². The van der Waals surface area contributed by atoms with Crippen molar-refractivity contribution in [2.45, 2.75) is 26.2 Å². The van der Waals surface area contributed by atoms with E-state index in [1.165, 1.54) is 17.2 Å². The topological polar surface area (TPSA) is 59.8 Å². The van der Waals surface area contributed by atoms with Crippen molar-refractivity contribution in [3.05, 3.63) is 90.3 Å². The van der Waals surface area contributed by atoms with Gasteiger partial charge >= 0.3 is 0 Å². The normalized spacial score (nSPS) is 11.5. The van der Waals surface area contributed by atoms with Gasteiger partial charge in [-0.2, -0.15) is 0 Å². The summed E-state index contributed by atoms with van der Waals surface area (Å²) in [6.07, 6.45) is 4.18. The summed E-state index contributed by atoms with van der Waals surface area (Å²) >= 11 is 0. The Kier molecular flexibility index (Phi) is 5.24. The Morgan fingerprint density at radius 1 is 0.806 bits per heavy atom. The number of carbonyl (C=O) groups is 1. The van der Waals surface area contributed by atoms with E-state index in [9.17, 15) is 9.90 Å². The van der Waals surface area contributed by atoms with Gasteiger partial charge in [0.05, 0.1) is 17.2 Å². The number of carboxylic acids is 1. The number of rotatable bonds is 4. The van der Waals surface area contributed by atoms with Crippen molar-refractivity contribution in [1.29, 1.82) is 0 Å². The lowest BCUT2D eigenvalue weighted by molar-refractivity contribution is -0.670. The zero-order chi connectivity index (χ0) is 22.2. The molecule has 2 aromatic carbocycles.